The Kier molecular flexibility index (Phi) is 7.98. The minimum atomic E-state index is 0.428. The van der Waals surface area contributed by atoms with Crippen molar-refractivity contribution in [1.82, 2.24) is 10.2 Å². The molecular weight excluding hydrogens is 256 g/mol. The van der Waals surface area contributed by atoms with E-state index in [1.165, 1.54) is 29.5 Å². The van der Waals surface area contributed by atoms with E-state index in [9.17, 15) is 0 Å². The molecule has 2 nitrogen and oxygen atoms in total. The van der Waals surface area contributed by atoms with Gasteiger partial charge in [-0.1, -0.05) is 50.1 Å². The minimum Gasteiger partial charge on any atom is -0.309 e. The molecule has 1 aromatic carbocycles. The van der Waals surface area contributed by atoms with Gasteiger partial charge in [0.2, 0.25) is 0 Å². The quantitative estimate of drug-likeness (QED) is 0.722. The molecule has 2 heteroatoms. The lowest BCUT2D eigenvalue weighted by molar-refractivity contribution is 0.191. The molecule has 1 aromatic rings. The summed E-state index contributed by atoms with van der Waals surface area (Å²) >= 11 is 0. The average Bonchev–Trinajstić information content (AvgIpc) is 2.45. The third kappa shape index (κ3) is 5.80. The van der Waals surface area contributed by atoms with Crippen molar-refractivity contribution in [1.29, 1.82) is 0 Å². The molecule has 0 aliphatic heterocycles. The second kappa shape index (κ2) is 9.22. The molecule has 1 N–H and O–H groups in total. The van der Waals surface area contributed by atoms with Crippen molar-refractivity contribution < 1.29 is 0 Å². The van der Waals surface area contributed by atoms with Gasteiger partial charge in [0.25, 0.3) is 0 Å². The van der Waals surface area contributed by atoms with Gasteiger partial charge in [-0.25, -0.2) is 0 Å². The van der Waals surface area contributed by atoms with E-state index in [0.717, 1.165) is 19.6 Å². The first-order valence-electron chi connectivity index (χ1n) is 8.57. The first kappa shape index (κ1) is 18.2. The van der Waals surface area contributed by atoms with E-state index in [-0.39, 0.29) is 0 Å². The van der Waals surface area contributed by atoms with Crippen molar-refractivity contribution in [2.45, 2.75) is 66.5 Å². The highest BCUT2D eigenvalue weighted by atomic mass is 15.2. The zero-order chi connectivity index (χ0) is 15.8. The van der Waals surface area contributed by atoms with Gasteiger partial charge in [0, 0.05) is 18.6 Å². The van der Waals surface area contributed by atoms with E-state index in [1.807, 2.05) is 0 Å². The predicted molar refractivity (Wildman–Crippen MR) is 94.0 cm³/mol. The molecular formula is C19H34N2. The van der Waals surface area contributed by atoms with Crippen LogP contribution in [0.1, 0.15) is 63.3 Å². The van der Waals surface area contributed by atoms with Crippen molar-refractivity contribution >= 4 is 0 Å². The van der Waals surface area contributed by atoms with Gasteiger partial charge >= 0.3 is 0 Å². The standard InChI is InChI=1S/C19H34N2/c1-7-10-20-19(14-21(9-3)17(6)8-2)18-12-15(4)11-16(5)13-18/h11-13,17,19-20H,7-10,14H2,1-6H3. The zero-order valence-corrected chi connectivity index (χ0v) is 14.9. The summed E-state index contributed by atoms with van der Waals surface area (Å²) in [5, 5.41) is 3.74. The number of hydrogen-bond donors (Lipinski definition) is 1. The average molecular weight is 290 g/mol. The predicted octanol–water partition coefficient (Wildman–Crippen LogP) is 4.46. The first-order valence-corrected chi connectivity index (χ1v) is 8.57. The summed E-state index contributed by atoms with van der Waals surface area (Å²) in [6.07, 6.45) is 2.39. The van der Waals surface area contributed by atoms with Gasteiger partial charge in [-0.3, -0.25) is 4.90 Å². The van der Waals surface area contributed by atoms with Crippen LogP contribution < -0.4 is 5.32 Å². The molecule has 0 spiro atoms. The summed E-state index contributed by atoms with van der Waals surface area (Å²) < 4.78 is 0. The molecule has 0 bridgehead atoms. The Morgan fingerprint density at radius 1 is 1.05 bits per heavy atom. The lowest BCUT2D eigenvalue weighted by Gasteiger charge is -2.32. The first-order chi connectivity index (χ1) is 10.0. The largest absolute Gasteiger partial charge is 0.309 e. The number of aryl methyl sites for hydroxylation is 2. The molecule has 2 unspecified atom stereocenters. The summed E-state index contributed by atoms with van der Waals surface area (Å²) in [4.78, 5) is 2.59. The fraction of sp³-hybridized carbons (Fsp3) is 0.684. The molecule has 0 aliphatic carbocycles. The number of nitrogens with one attached hydrogen (secondary N) is 1. The summed E-state index contributed by atoms with van der Waals surface area (Å²) in [5.74, 6) is 0. The van der Waals surface area contributed by atoms with Gasteiger partial charge in [-0.2, -0.15) is 0 Å². The minimum absolute atomic E-state index is 0.428. The van der Waals surface area contributed by atoms with Crippen molar-refractivity contribution in [3.63, 3.8) is 0 Å². The number of hydrogen-bond acceptors (Lipinski definition) is 2. The van der Waals surface area contributed by atoms with Crippen molar-refractivity contribution in [3.8, 4) is 0 Å². The Hall–Kier alpha value is -0.860. The maximum Gasteiger partial charge on any atom is 0.0449 e. The molecule has 0 amide bonds. The zero-order valence-electron chi connectivity index (χ0n) is 14.9. The molecule has 2 atom stereocenters. The van der Waals surface area contributed by atoms with Gasteiger partial charge in [-0.05, 0) is 52.3 Å². The van der Waals surface area contributed by atoms with Gasteiger partial charge in [0.15, 0.2) is 0 Å². The van der Waals surface area contributed by atoms with Crippen LogP contribution in [0.3, 0.4) is 0 Å². The van der Waals surface area contributed by atoms with Crippen LogP contribution in [0.2, 0.25) is 0 Å². The molecule has 1 rings (SSSR count). The van der Waals surface area contributed by atoms with Crippen molar-refractivity contribution in [2.75, 3.05) is 19.6 Å². The molecule has 0 fully saturated rings. The Morgan fingerprint density at radius 3 is 2.14 bits per heavy atom. The SMILES string of the molecule is CCCNC(CN(CC)C(C)CC)c1cc(C)cc(C)c1. The van der Waals surface area contributed by atoms with Crippen LogP contribution >= 0.6 is 0 Å². The Labute approximate surface area is 131 Å². The van der Waals surface area contributed by atoms with E-state index < -0.39 is 0 Å². The van der Waals surface area contributed by atoms with Crippen LogP contribution in [0, 0.1) is 13.8 Å². The van der Waals surface area contributed by atoms with Crippen molar-refractivity contribution in [2.24, 2.45) is 0 Å². The van der Waals surface area contributed by atoms with Crippen LogP contribution in [-0.2, 0) is 0 Å². The highest BCUT2D eigenvalue weighted by molar-refractivity contribution is 5.31. The van der Waals surface area contributed by atoms with E-state index in [4.69, 9.17) is 0 Å². The lowest BCUT2D eigenvalue weighted by Crippen LogP contribution is -2.40. The highest BCUT2D eigenvalue weighted by Gasteiger charge is 2.18. The summed E-state index contributed by atoms with van der Waals surface area (Å²) in [5.41, 5.74) is 4.16. The van der Waals surface area contributed by atoms with Gasteiger partial charge in [0.1, 0.15) is 0 Å². The fourth-order valence-corrected chi connectivity index (χ4v) is 2.93. The molecule has 120 valence electrons. The lowest BCUT2D eigenvalue weighted by atomic mass is 10.00. The molecule has 21 heavy (non-hydrogen) atoms. The molecule has 0 aromatic heterocycles. The normalized spacial score (nSPS) is 14.4. The highest BCUT2D eigenvalue weighted by Crippen LogP contribution is 2.20. The Morgan fingerprint density at radius 2 is 1.67 bits per heavy atom. The van der Waals surface area contributed by atoms with Gasteiger partial charge in [-0.15, -0.1) is 0 Å². The number of benzene rings is 1. The maximum atomic E-state index is 3.74. The van der Waals surface area contributed by atoms with Crippen LogP contribution in [0.15, 0.2) is 18.2 Å². The number of nitrogens with zero attached hydrogens (tertiary/aromatic N) is 1. The maximum absolute atomic E-state index is 3.74. The topological polar surface area (TPSA) is 15.3 Å². The van der Waals surface area contributed by atoms with E-state index in [0.29, 0.717) is 12.1 Å². The number of likely N-dealkylation sites (N-methyl/N-ethyl adjacent to an activating group) is 1. The third-order valence-corrected chi connectivity index (χ3v) is 4.32. The van der Waals surface area contributed by atoms with Gasteiger partial charge in [0.05, 0.1) is 0 Å². The van der Waals surface area contributed by atoms with Crippen LogP contribution in [-0.4, -0.2) is 30.6 Å². The second-order valence-corrected chi connectivity index (χ2v) is 6.27. The second-order valence-electron chi connectivity index (χ2n) is 6.27. The molecule has 0 saturated carbocycles. The van der Waals surface area contributed by atoms with E-state index >= 15 is 0 Å². The fourth-order valence-electron chi connectivity index (χ4n) is 2.93. The monoisotopic (exact) mass is 290 g/mol. The third-order valence-electron chi connectivity index (χ3n) is 4.32. The molecule has 0 aliphatic rings. The summed E-state index contributed by atoms with van der Waals surface area (Å²) in [6.45, 7) is 16.8. The van der Waals surface area contributed by atoms with Crippen LogP contribution in [0.25, 0.3) is 0 Å². The van der Waals surface area contributed by atoms with Crippen LogP contribution in [0.4, 0.5) is 0 Å². The molecule has 0 heterocycles. The van der Waals surface area contributed by atoms with Crippen molar-refractivity contribution in [3.05, 3.63) is 34.9 Å². The number of rotatable bonds is 9. The summed E-state index contributed by atoms with van der Waals surface area (Å²) in [6, 6.07) is 8.01. The Balaban J connectivity index is 2.93. The van der Waals surface area contributed by atoms with E-state index in [1.54, 1.807) is 0 Å². The van der Waals surface area contributed by atoms with Gasteiger partial charge < -0.3 is 5.32 Å². The molecule has 0 radical (unpaired) electrons. The van der Waals surface area contributed by atoms with E-state index in [2.05, 4.69) is 70.0 Å². The summed E-state index contributed by atoms with van der Waals surface area (Å²) in [7, 11) is 0. The molecule has 0 saturated heterocycles. The van der Waals surface area contributed by atoms with Crippen LogP contribution in [0.5, 0.6) is 0 Å². The Bertz CT molecular complexity index is 394. The smallest absolute Gasteiger partial charge is 0.0449 e.